The molecule has 2 amide bonds. The van der Waals surface area contributed by atoms with Crippen molar-refractivity contribution >= 4 is 23.2 Å². The molecular weight excluding hydrogens is 361 g/mol. The lowest BCUT2D eigenvalue weighted by atomic mass is 10.1. The highest BCUT2D eigenvalue weighted by atomic mass is 19.1. The molecule has 150 valence electrons. The molecule has 0 spiro atoms. The van der Waals surface area contributed by atoms with Gasteiger partial charge in [0.2, 0.25) is 11.8 Å². The minimum Gasteiger partial charge on any atom is -0.323 e. The van der Waals surface area contributed by atoms with E-state index in [0.29, 0.717) is 5.69 Å². The first-order valence-electron chi connectivity index (χ1n) is 9.62. The SMILES string of the molecule is CCN(CC)CCn1cc(NC(=O)C2CC(=O)N(c3ccccc3F)C2)cn1. The summed E-state index contributed by atoms with van der Waals surface area (Å²) < 4.78 is 15.8. The smallest absolute Gasteiger partial charge is 0.229 e. The van der Waals surface area contributed by atoms with Gasteiger partial charge in [0.15, 0.2) is 0 Å². The maximum absolute atomic E-state index is 14.0. The number of hydrogen-bond donors (Lipinski definition) is 1. The van der Waals surface area contributed by atoms with Crippen LogP contribution in [0.25, 0.3) is 0 Å². The summed E-state index contributed by atoms with van der Waals surface area (Å²) in [6.45, 7) is 7.99. The van der Waals surface area contributed by atoms with Gasteiger partial charge in [0.05, 0.1) is 30.0 Å². The zero-order valence-corrected chi connectivity index (χ0v) is 16.3. The zero-order chi connectivity index (χ0) is 20.1. The third-order valence-corrected chi connectivity index (χ3v) is 5.08. The second kappa shape index (κ2) is 8.97. The number of carbonyl (C=O) groups excluding carboxylic acids is 2. The quantitative estimate of drug-likeness (QED) is 0.755. The molecule has 2 heterocycles. The summed E-state index contributed by atoms with van der Waals surface area (Å²) in [5, 5.41) is 7.09. The molecule has 0 bridgehead atoms. The van der Waals surface area contributed by atoms with Gasteiger partial charge in [0, 0.05) is 25.7 Å². The van der Waals surface area contributed by atoms with Crippen LogP contribution in [-0.4, -0.2) is 52.7 Å². The number of amides is 2. The molecule has 1 aliphatic rings. The second-order valence-electron chi connectivity index (χ2n) is 6.87. The van der Waals surface area contributed by atoms with E-state index in [4.69, 9.17) is 0 Å². The lowest BCUT2D eigenvalue weighted by Gasteiger charge is -2.17. The summed E-state index contributed by atoms with van der Waals surface area (Å²) in [6.07, 6.45) is 3.45. The van der Waals surface area contributed by atoms with Crippen LogP contribution in [-0.2, 0) is 16.1 Å². The van der Waals surface area contributed by atoms with Crippen LogP contribution >= 0.6 is 0 Å². The van der Waals surface area contributed by atoms with Crippen LogP contribution in [0, 0.1) is 11.7 Å². The third-order valence-electron chi connectivity index (χ3n) is 5.08. The number of benzene rings is 1. The molecule has 1 fully saturated rings. The van der Waals surface area contributed by atoms with Crippen molar-refractivity contribution < 1.29 is 14.0 Å². The summed E-state index contributed by atoms with van der Waals surface area (Å²) in [7, 11) is 0. The minimum absolute atomic E-state index is 0.0657. The molecule has 0 aliphatic carbocycles. The van der Waals surface area contributed by atoms with Gasteiger partial charge >= 0.3 is 0 Å². The number of nitrogens with one attached hydrogen (secondary N) is 1. The number of halogens is 1. The first-order valence-corrected chi connectivity index (χ1v) is 9.62. The number of likely N-dealkylation sites (N-methyl/N-ethyl adjacent to an activating group) is 1. The Kier molecular flexibility index (Phi) is 6.41. The molecule has 2 aromatic rings. The largest absolute Gasteiger partial charge is 0.323 e. The first kappa shape index (κ1) is 20.0. The van der Waals surface area contributed by atoms with Crippen molar-refractivity contribution in [3.8, 4) is 0 Å². The molecular formula is C20H26FN5O2. The molecule has 28 heavy (non-hydrogen) atoms. The second-order valence-corrected chi connectivity index (χ2v) is 6.87. The molecule has 1 N–H and O–H groups in total. The summed E-state index contributed by atoms with van der Waals surface area (Å²) in [6, 6.07) is 6.10. The van der Waals surface area contributed by atoms with Crippen molar-refractivity contribution in [1.82, 2.24) is 14.7 Å². The third kappa shape index (κ3) is 4.56. The fourth-order valence-corrected chi connectivity index (χ4v) is 3.37. The van der Waals surface area contributed by atoms with Gasteiger partial charge in [0.1, 0.15) is 5.82 Å². The molecule has 1 atom stereocenters. The van der Waals surface area contributed by atoms with Crippen molar-refractivity contribution in [1.29, 1.82) is 0 Å². The Hall–Kier alpha value is -2.74. The maximum Gasteiger partial charge on any atom is 0.229 e. The number of hydrogen-bond acceptors (Lipinski definition) is 4. The van der Waals surface area contributed by atoms with Crippen LogP contribution in [0.3, 0.4) is 0 Å². The Labute approximate surface area is 164 Å². The van der Waals surface area contributed by atoms with Crippen LogP contribution in [0.15, 0.2) is 36.7 Å². The topological polar surface area (TPSA) is 70.5 Å². The Morgan fingerprint density at radius 1 is 1.32 bits per heavy atom. The van der Waals surface area contributed by atoms with Crippen molar-refractivity contribution in [3.63, 3.8) is 0 Å². The van der Waals surface area contributed by atoms with E-state index in [-0.39, 0.29) is 30.5 Å². The van der Waals surface area contributed by atoms with Gasteiger partial charge in [-0.1, -0.05) is 26.0 Å². The van der Waals surface area contributed by atoms with Gasteiger partial charge in [-0.05, 0) is 25.2 Å². The summed E-state index contributed by atoms with van der Waals surface area (Å²) in [5.74, 6) is -1.49. The molecule has 1 unspecified atom stereocenters. The normalized spacial score (nSPS) is 16.8. The van der Waals surface area contributed by atoms with E-state index in [1.54, 1.807) is 35.3 Å². The van der Waals surface area contributed by atoms with E-state index in [1.807, 2.05) is 0 Å². The number of para-hydroxylation sites is 1. The maximum atomic E-state index is 14.0. The number of carbonyl (C=O) groups is 2. The van der Waals surface area contributed by atoms with Crippen molar-refractivity contribution in [2.24, 2.45) is 5.92 Å². The number of rotatable bonds is 8. The van der Waals surface area contributed by atoms with E-state index >= 15 is 0 Å². The van der Waals surface area contributed by atoms with Crippen molar-refractivity contribution in [3.05, 3.63) is 42.5 Å². The predicted molar refractivity (Wildman–Crippen MR) is 106 cm³/mol. The first-order chi connectivity index (χ1) is 13.5. The highest BCUT2D eigenvalue weighted by Crippen LogP contribution is 2.27. The van der Waals surface area contributed by atoms with Crippen molar-refractivity contribution in [2.75, 3.05) is 36.4 Å². The summed E-state index contributed by atoms with van der Waals surface area (Å²) in [4.78, 5) is 28.5. The van der Waals surface area contributed by atoms with E-state index < -0.39 is 11.7 Å². The van der Waals surface area contributed by atoms with Crippen LogP contribution < -0.4 is 10.2 Å². The molecule has 7 nitrogen and oxygen atoms in total. The van der Waals surface area contributed by atoms with E-state index in [2.05, 4.69) is 29.2 Å². The van der Waals surface area contributed by atoms with Gasteiger partial charge in [0.25, 0.3) is 0 Å². The molecule has 1 aromatic heterocycles. The highest BCUT2D eigenvalue weighted by Gasteiger charge is 2.36. The lowest BCUT2D eigenvalue weighted by molar-refractivity contribution is -0.122. The number of anilines is 2. The molecule has 1 saturated heterocycles. The molecule has 1 aliphatic heterocycles. The van der Waals surface area contributed by atoms with Gasteiger partial charge in [-0.15, -0.1) is 0 Å². The highest BCUT2D eigenvalue weighted by molar-refractivity contribution is 6.03. The standard InChI is InChI=1S/C20H26FN5O2/c1-3-24(4-2)9-10-25-14-16(12-22-25)23-20(28)15-11-19(27)26(13-15)18-8-6-5-7-17(18)21/h5-8,12,14-15H,3-4,9-11,13H2,1-2H3,(H,23,28). The Morgan fingerprint density at radius 2 is 2.07 bits per heavy atom. The fraction of sp³-hybridized carbons (Fsp3) is 0.450. The van der Waals surface area contributed by atoms with Crippen LogP contribution in [0.1, 0.15) is 20.3 Å². The predicted octanol–water partition coefficient (Wildman–Crippen LogP) is 2.36. The van der Waals surface area contributed by atoms with E-state index in [1.165, 1.54) is 11.0 Å². The fourth-order valence-electron chi connectivity index (χ4n) is 3.37. The van der Waals surface area contributed by atoms with Gasteiger partial charge in [-0.2, -0.15) is 5.10 Å². The summed E-state index contributed by atoms with van der Waals surface area (Å²) >= 11 is 0. The van der Waals surface area contributed by atoms with E-state index in [9.17, 15) is 14.0 Å². The molecule has 1 aromatic carbocycles. The van der Waals surface area contributed by atoms with E-state index in [0.717, 1.165) is 26.2 Å². The zero-order valence-electron chi connectivity index (χ0n) is 16.3. The molecule has 3 rings (SSSR count). The van der Waals surface area contributed by atoms with Crippen LogP contribution in [0.5, 0.6) is 0 Å². The number of aromatic nitrogens is 2. The van der Waals surface area contributed by atoms with Gasteiger partial charge < -0.3 is 15.1 Å². The Morgan fingerprint density at radius 3 is 2.79 bits per heavy atom. The van der Waals surface area contributed by atoms with Crippen LogP contribution in [0.2, 0.25) is 0 Å². The minimum atomic E-state index is -0.522. The van der Waals surface area contributed by atoms with Gasteiger partial charge in [-0.25, -0.2) is 4.39 Å². The Balaban J connectivity index is 1.57. The molecule has 8 heteroatoms. The lowest BCUT2D eigenvalue weighted by Crippen LogP contribution is -2.28. The van der Waals surface area contributed by atoms with Gasteiger partial charge in [-0.3, -0.25) is 14.3 Å². The molecule has 0 saturated carbocycles. The average molecular weight is 387 g/mol. The van der Waals surface area contributed by atoms with Crippen LogP contribution in [0.4, 0.5) is 15.8 Å². The average Bonchev–Trinajstić information content (AvgIpc) is 3.29. The monoisotopic (exact) mass is 387 g/mol. The Bertz CT molecular complexity index is 834. The summed E-state index contributed by atoms with van der Waals surface area (Å²) in [5.41, 5.74) is 0.813. The van der Waals surface area contributed by atoms with Crippen molar-refractivity contribution in [2.45, 2.75) is 26.8 Å². The molecule has 0 radical (unpaired) electrons. The number of nitrogens with zero attached hydrogens (tertiary/aromatic N) is 4.